The molecule has 1 fully saturated rings. The van der Waals surface area contributed by atoms with Crippen LogP contribution in [0.15, 0.2) is 17.8 Å². The molecular weight excluding hydrogens is 352 g/mol. The van der Waals surface area contributed by atoms with E-state index in [4.69, 9.17) is 26.2 Å². The summed E-state index contributed by atoms with van der Waals surface area (Å²) in [5.74, 6) is -1.28. The number of carboxylic acids is 1. The third kappa shape index (κ3) is 4.21. The molecule has 0 spiro atoms. The van der Waals surface area contributed by atoms with Crippen molar-refractivity contribution in [2.45, 2.75) is 13.3 Å². The molecule has 8 nitrogen and oxygen atoms in total. The third-order valence-corrected chi connectivity index (χ3v) is 3.59. The molecule has 0 radical (unpaired) electrons. The molecule has 2 rings (SSSR count). The van der Waals surface area contributed by atoms with Crippen LogP contribution in [0.25, 0.3) is 6.08 Å². The molecule has 1 saturated heterocycles. The fourth-order valence-electron chi connectivity index (χ4n) is 2.26. The molecule has 1 heterocycles. The number of hydrogen-bond donors (Lipinski definition) is 2. The topological polar surface area (TPSA) is 105 Å². The number of amides is 3. The minimum atomic E-state index is -1.15. The van der Waals surface area contributed by atoms with Crippen LogP contribution in [0.1, 0.15) is 18.9 Å². The molecule has 1 aliphatic rings. The lowest BCUT2D eigenvalue weighted by molar-refractivity contribution is -0.139. The second-order valence-corrected chi connectivity index (χ2v) is 5.57. The maximum Gasteiger partial charge on any atom is 0.341 e. The number of nitrogens with zero attached hydrogens (tertiary/aromatic N) is 1. The fourth-order valence-corrected chi connectivity index (χ4v) is 2.54. The zero-order valence-corrected chi connectivity index (χ0v) is 14.4. The SMILES string of the molecule is CCCN1C(=O)N/C(=C/c2cc(Cl)c(OCC(=O)O)c(OC)c2)C1=O. The molecule has 0 bridgehead atoms. The standard InChI is InChI=1S/C16H17ClN2O6/c1-3-4-19-15(22)11(18-16(19)23)6-9-5-10(17)14(12(7-9)24-2)25-8-13(20)21/h5-7H,3-4,8H2,1-2H3,(H,18,23)(H,20,21)/b11-6+. The summed E-state index contributed by atoms with van der Waals surface area (Å²) < 4.78 is 10.3. The maximum atomic E-state index is 12.2. The Bertz CT molecular complexity index is 746. The molecule has 0 atom stereocenters. The predicted octanol–water partition coefficient (Wildman–Crippen LogP) is 2.11. The molecule has 1 aromatic carbocycles. The lowest BCUT2D eigenvalue weighted by Crippen LogP contribution is -2.31. The van der Waals surface area contributed by atoms with Crippen LogP contribution < -0.4 is 14.8 Å². The van der Waals surface area contributed by atoms with Crippen molar-refractivity contribution in [3.8, 4) is 11.5 Å². The number of imide groups is 1. The number of ether oxygens (including phenoxy) is 2. The van der Waals surface area contributed by atoms with Gasteiger partial charge < -0.3 is 19.9 Å². The monoisotopic (exact) mass is 368 g/mol. The van der Waals surface area contributed by atoms with Crippen LogP contribution in [0.3, 0.4) is 0 Å². The van der Waals surface area contributed by atoms with Gasteiger partial charge in [-0.15, -0.1) is 0 Å². The van der Waals surface area contributed by atoms with Gasteiger partial charge in [0.2, 0.25) is 0 Å². The van der Waals surface area contributed by atoms with Crippen molar-refractivity contribution in [3.05, 3.63) is 28.4 Å². The second-order valence-electron chi connectivity index (χ2n) is 5.16. The van der Waals surface area contributed by atoms with E-state index in [2.05, 4.69) is 5.32 Å². The van der Waals surface area contributed by atoms with Gasteiger partial charge in [-0.05, 0) is 30.2 Å². The Hall–Kier alpha value is -2.74. The number of carboxylic acid groups (broad SMARTS) is 1. The Labute approximate surface area is 149 Å². The van der Waals surface area contributed by atoms with E-state index in [1.165, 1.54) is 25.3 Å². The highest BCUT2D eigenvalue weighted by molar-refractivity contribution is 6.32. The van der Waals surface area contributed by atoms with Gasteiger partial charge in [-0.3, -0.25) is 9.69 Å². The van der Waals surface area contributed by atoms with Gasteiger partial charge in [0.05, 0.1) is 12.1 Å². The van der Waals surface area contributed by atoms with Gasteiger partial charge >= 0.3 is 12.0 Å². The van der Waals surface area contributed by atoms with Crippen LogP contribution in [0.4, 0.5) is 4.79 Å². The normalized spacial score (nSPS) is 15.5. The number of aliphatic carboxylic acids is 1. The van der Waals surface area contributed by atoms with E-state index in [9.17, 15) is 14.4 Å². The Morgan fingerprint density at radius 2 is 2.12 bits per heavy atom. The Morgan fingerprint density at radius 1 is 1.40 bits per heavy atom. The van der Waals surface area contributed by atoms with Crippen LogP contribution in [0.2, 0.25) is 5.02 Å². The number of rotatable bonds is 7. The zero-order valence-electron chi connectivity index (χ0n) is 13.7. The third-order valence-electron chi connectivity index (χ3n) is 3.31. The van der Waals surface area contributed by atoms with Crippen molar-refractivity contribution in [3.63, 3.8) is 0 Å². The lowest BCUT2D eigenvalue weighted by atomic mass is 10.1. The summed E-state index contributed by atoms with van der Waals surface area (Å²) in [5, 5.41) is 11.3. The van der Waals surface area contributed by atoms with E-state index in [-0.39, 0.29) is 22.2 Å². The second kappa shape index (κ2) is 7.89. The number of hydrogen-bond acceptors (Lipinski definition) is 5. The molecule has 0 aromatic heterocycles. The molecule has 0 unspecified atom stereocenters. The molecule has 1 aromatic rings. The highest BCUT2D eigenvalue weighted by Gasteiger charge is 2.32. The predicted molar refractivity (Wildman–Crippen MR) is 89.6 cm³/mol. The van der Waals surface area contributed by atoms with Gasteiger partial charge in [0.25, 0.3) is 5.91 Å². The summed E-state index contributed by atoms with van der Waals surface area (Å²) in [6.07, 6.45) is 2.12. The molecular formula is C16H17ClN2O6. The number of urea groups is 1. The summed E-state index contributed by atoms with van der Waals surface area (Å²) >= 11 is 6.12. The Morgan fingerprint density at radius 3 is 2.72 bits per heavy atom. The maximum absolute atomic E-state index is 12.2. The first kappa shape index (κ1) is 18.6. The first-order valence-corrected chi connectivity index (χ1v) is 7.81. The van der Waals surface area contributed by atoms with Gasteiger partial charge in [0, 0.05) is 6.54 Å². The van der Waals surface area contributed by atoms with E-state index < -0.39 is 24.5 Å². The molecule has 1 aliphatic heterocycles. The van der Waals surface area contributed by atoms with Gasteiger partial charge in [-0.2, -0.15) is 0 Å². The van der Waals surface area contributed by atoms with E-state index in [1.54, 1.807) is 0 Å². The Balaban J connectivity index is 2.31. The average molecular weight is 369 g/mol. The smallest absolute Gasteiger partial charge is 0.341 e. The number of benzene rings is 1. The van der Waals surface area contributed by atoms with Crippen LogP contribution in [0, 0.1) is 0 Å². The fraction of sp³-hybridized carbons (Fsp3) is 0.312. The van der Waals surface area contributed by atoms with Crippen molar-refractivity contribution < 1.29 is 29.0 Å². The van der Waals surface area contributed by atoms with E-state index >= 15 is 0 Å². The van der Waals surface area contributed by atoms with Crippen LogP contribution in [-0.4, -0.2) is 48.2 Å². The summed E-state index contributed by atoms with van der Waals surface area (Å²) in [6, 6.07) is 2.53. The van der Waals surface area contributed by atoms with Crippen molar-refractivity contribution in [2.24, 2.45) is 0 Å². The number of nitrogens with one attached hydrogen (secondary N) is 1. The van der Waals surface area contributed by atoms with Crippen molar-refractivity contribution in [1.82, 2.24) is 10.2 Å². The molecule has 25 heavy (non-hydrogen) atoms. The number of carbonyl (C=O) groups excluding carboxylic acids is 2. The van der Waals surface area contributed by atoms with Crippen LogP contribution in [-0.2, 0) is 9.59 Å². The average Bonchev–Trinajstić information content (AvgIpc) is 2.81. The van der Waals surface area contributed by atoms with Crippen molar-refractivity contribution in [2.75, 3.05) is 20.3 Å². The zero-order chi connectivity index (χ0) is 18.6. The molecule has 3 amide bonds. The van der Waals surface area contributed by atoms with Crippen LogP contribution in [0.5, 0.6) is 11.5 Å². The summed E-state index contributed by atoms with van der Waals surface area (Å²) in [7, 11) is 1.38. The van der Waals surface area contributed by atoms with Crippen LogP contribution >= 0.6 is 11.6 Å². The summed E-state index contributed by atoms with van der Waals surface area (Å²) in [4.78, 5) is 35.8. The minimum Gasteiger partial charge on any atom is -0.493 e. The quantitative estimate of drug-likeness (QED) is 0.564. The van der Waals surface area contributed by atoms with E-state index in [1.807, 2.05) is 6.92 Å². The minimum absolute atomic E-state index is 0.0862. The highest BCUT2D eigenvalue weighted by Crippen LogP contribution is 2.37. The molecule has 0 aliphatic carbocycles. The molecule has 0 saturated carbocycles. The number of methoxy groups -OCH3 is 1. The highest BCUT2D eigenvalue weighted by atomic mass is 35.5. The molecule has 2 N–H and O–H groups in total. The van der Waals surface area contributed by atoms with Gasteiger partial charge in [0.1, 0.15) is 5.70 Å². The largest absolute Gasteiger partial charge is 0.493 e. The number of carbonyl (C=O) groups is 3. The molecule has 134 valence electrons. The van der Waals surface area contributed by atoms with Crippen molar-refractivity contribution >= 4 is 35.6 Å². The summed E-state index contributed by atoms with van der Waals surface area (Å²) in [6.45, 7) is 1.62. The van der Waals surface area contributed by atoms with Crippen molar-refractivity contribution in [1.29, 1.82) is 0 Å². The Kier molecular flexibility index (Phi) is 5.87. The van der Waals surface area contributed by atoms with Gasteiger partial charge in [-0.1, -0.05) is 18.5 Å². The van der Waals surface area contributed by atoms with E-state index in [0.29, 0.717) is 18.5 Å². The van der Waals surface area contributed by atoms with Gasteiger partial charge in [-0.25, -0.2) is 9.59 Å². The first-order valence-electron chi connectivity index (χ1n) is 7.44. The summed E-state index contributed by atoms with van der Waals surface area (Å²) in [5.41, 5.74) is 0.613. The lowest BCUT2D eigenvalue weighted by Gasteiger charge is -2.12. The molecule has 9 heteroatoms. The van der Waals surface area contributed by atoms with E-state index in [0.717, 1.165) is 4.90 Å². The first-order chi connectivity index (χ1) is 11.9. The number of halogens is 1. The van der Waals surface area contributed by atoms with Gasteiger partial charge in [0.15, 0.2) is 18.1 Å².